The summed E-state index contributed by atoms with van der Waals surface area (Å²) < 4.78 is 10.5. The van der Waals surface area contributed by atoms with Gasteiger partial charge in [-0.15, -0.1) is 0 Å². The number of ether oxygens (including phenoxy) is 2. The predicted molar refractivity (Wildman–Crippen MR) is 91.0 cm³/mol. The number of benzene rings is 1. The molecule has 0 spiro atoms. The summed E-state index contributed by atoms with van der Waals surface area (Å²) in [6, 6.07) is 6.92. The van der Waals surface area contributed by atoms with Crippen LogP contribution in [0.15, 0.2) is 24.3 Å². The van der Waals surface area contributed by atoms with Gasteiger partial charge < -0.3 is 19.9 Å². The quantitative estimate of drug-likeness (QED) is 0.685. The van der Waals surface area contributed by atoms with Gasteiger partial charge in [0.2, 0.25) is 0 Å². The summed E-state index contributed by atoms with van der Waals surface area (Å²) in [5.74, 6) is 0.632. The summed E-state index contributed by atoms with van der Waals surface area (Å²) in [7, 11) is 0. The summed E-state index contributed by atoms with van der Waals surface area (Å²) in [4.78, 5) is 11.4. The molecule has 0 saturated carbocycles. The molecule has 0 radical (unpaired) electrons. The van der Waals surface area contributed by atoms with Crippen molar-refractivity contribution in [2.75, 3.05) is 25.1 Å². The van der Waals surface area contributed by atoms with E-state index in [1.165, 1.54) is 0 Å². The number of hydrogen-bond acceptors (Lipinski definition) is 5. The van der Waals surface area contributed by atoms with Gasteiger partial charge in [-0.3, -0.25) is 5.32 Å². The van der Waals surface area contributed by atoms with Gasteiger partial charge >= 0.3 is 6.09 Å². The monoisotopic (exact) mass is 324 g/mol. The molecule has 0 aliphatic carbocycles. The second-order valence-electron chi connectivity index (χ2n) is 6.38. The molecule has 0 heterocycles. The van der Waals surface area contributed by atoms with Crippen molar-refractivity contribution in [3.8, 4) is 5.75 Å². The molecule has 1 rings (SSSR count). The van der Waals surface area contributed by atoms with Crippen molar-refractivity contribution in [2.24, 2.45) is 0 Å². The molecule has 1 atom stereocenters. The molecule has 6 heteroatoms. The van der Waals surface area contributed by atoms with E-state index in [2.05, 4.69) is 10.6 Å². The van der Waals surface area contributed by atoms with Gasteiger partial charge in [0, 0.05) is 17.8 Å². The smallest absolute Gasteiger partial charge is 0.411 e. The molecule has 0 aromatic heterocycles. The maximum absolute atomic E-state index is 11.4. The third kappa shape index (κ3) is 9.05. The topological polar surface area (TPSA) is 79.8 Å². The summed E-state index contributed by atoms with van der Waals surface area (Å²) in [5, 5.41) is 15.7. The normalized spacial score (nSPS) is 12.6. The molecule has 0 fully saturated rings. The fourth-order valence-corrected chi connectivity index (χ4v) is 1.66. The number of β-amino-alcohol motifs (C(OH)–C–C–N with tert-alkyl or cyclic N) is 1. The van der Waals surface area contributed by atoms with Crippen LogP contribution in [0, 0.1) is 0 Å². The summed E-state index contributed by atoms with van der Waals surface area (Å²) in [6.45, 7) is 9.12. The molecule has 1 unspecified atom stereocenters. The second-order valence-corrected chi connectivity index (χ2v) is 6.38. The average molecular weight is 324 g/mol. The maximum Gasteiger partial charge on any atom is 0.411 e. The highest BCUT2D eigenvalue weighted by Gasteiger charge is 2.12. The van der Waals surface area contributed by atoms with Crippen molar-refractivity contribution in [1.29, 1.82) is 0 Å². The van der Waals surface area contributed by atoms with Crippen LogP contribution in [-0.2, 0) is 4.74 Å². The van der Waals surface area contributed by atoms with E-state index in [4.69, 9.17) is 9.47 Å². The van der Waals surface area contributed by atoms with Crippen molar-refractivity contribution in [1.82, 2.24) is 5.32 Å². The molecule has 1 amide bonds. The SMILES string of the molecule is CCCOC(=O)Nc1ccc(OCC(O)CNC(C)(C)C)cc1. The predicted octanol–water partition coefficient (Wildman–Crippen LogP) is 2.77. The fourth-order valence-electron chi connectivity index (χ4n) is 1.66. The van der Waals surface area contributed by atoms with E-state index in [1.807, 2.05) is 27.7 Å². The van der Waals surface area contributed by atoms with Crippen LogP contribution in [-0.4, -0.2) is 42.6 Å². The van der Waals surface area contributed by atoms with Gasteiger partial charge in [-0.2, -0.15) is 0 Å². The number of carbonyl (C=O) groups is 1. The minimum Gasteiger partial charge on any atom is -0.491 e. The molecular weight excluding hydrogens is 296 g/mol. The van der Waals surface area contributed by atoms with Gasteiger partial charge in [0.15, 0.2) is 0 Å². The van der Waals surface area contributed by atoms with E-state index in [0.29, 0.717) is 24.6 Å². The minimum atomic E-state index is -0.587. The van der Waals surface area contributed by atoms with E-state index < -0.39 is 12.2 Å². The molecule has 1 aromatic rings. The van der Waals surface area contributed by atoms with Crippen molar-refractivity contribution in [3.63, 3.8) is 0 Å². The fraction of sp³-hybridized carbons (Fsp3) is 0.588. The van der Waals surface area contributed by atoms with Crippen LogP contribution in [0.2, 0.25) is 0 Å². The summed E-state index contributed by atoms with van der Waals surface area (Å²) in [6.07, 6.45) is -0.271. The Morgan fingerprint density at radius 3 is 2.48 bits per heavy atom. The molecule has 0 aliphatic heterocycles. The number of aliphatic hydroxyl groups is 1. The van der Waals surface area contributed by atoms with E-state index in [0.717, 1.165) is 6.42 Å². The number of nitrogens with one attached hydrogen (secondary N) is 2. The van der Waals surface area contributed by atoms with Crippen LogP contribution >= 0.6 is 0 Å². The summed E-state index contributed by atoms with van der Waals surface area (Å²) >= 11 is 0. The first-order chi connectivity index (χ1) is 10.8. The van der Waals surface area contributed by atoms with Gasteiger partial charge in [0.25, 0.3) is 0 Å². The Balaban J connectivity index is 2.35. The van der Waals surface area contributed by atoms with Gasteiger partial charge in [-0.1, -0.05) is 6.92 Å². The second kappa shape index (κ2) is 9.37. The van der Waals surface area contributed by atoms with Crippen molar-refractivity contribution >= 4 is 11.8 Å². The van der Waals surface area contributed by atoms with Crippen LogP contribution < -0.4 is 15.4 Å². The Hall–Kier alpha value is -1.79. The number of rotatable bonds is 8. The number of aliphatic hydroxyl groups excluding tert-OH is 1. The van der Waals surface area contributed by atoms with E-state index in [-0.39, 0.29) is 12.1 Å². The first-order valence-corrected chi connectivity index (χ1v) is 7.90. The molecular formula is C17H28N2O4. The Morgan fingerprint density at radius 1 is 1.26 bits per heavy atom. The molecule has 0 bridgehead atoms. The highest BCUT2D eigenvalue weighted by molar-refractivity contribution is 5.84. The third-order valence-corrected chi connectivity index (χ3v) is 2.85. The lowest BCUT2D eigenvalue weighted by atomic mass is 10.1. The third-order valence-electron chi connectivity index (χ3n) is 2.85. The van der Waals surface area contributed by atoms with Gasteiger partial charge in [-0.25, -0.2) is 4.79 Å². The Morgan fingerprint density at radius 2 is 1.91 bits per heavy atom. The standard InChI is InChI=1S/C17H28N2O4/c1-5-10-22-16(21)19-13-6-8-15(9-7-13)23-12-14(20)11-18-17(2,3)4/h6-9,14,18,20H,5,10-12H2,1-4H3,(H,19,21). The van der Waals surface area contributed by atoms with Crippen molar-refractivity contribution in [2.45, 2.75) is 45.8 Å². The minimum absolute atomic E-state index is 0.0410. The van der Waals surface area contributed by atoms with Crippen LogP contribution in [0.5, 0.6) is 5.75 Å². The van der Waals surface area contributed by atoms with Crippen LogP contribution in [0.1, 0.15) is 34.1 Å². The van der Waals surface area contributed by atoms with E-state index in [1.54, 1.807) is 24.3 Å². The molecule has 130 valence electrons. The Labute approximate surface area is 138 Å². The molecule has 23 heavy (non-hydrogen) atoms. The first-order valence-electron chi connectivity index (χ1n) is 7.90. The lowest BCUT2D eigenvalue weighted by Crippen LogP contribution is -2.42. The zero-order valence-corrected chi connectivity index (χ0v) is 14.4. The van der Waals surface area contributed by atoms with Crippen molar-refractivity contribution in [3.05, 3.63) is 24.3 Å². The van der Waals surface area contributed by atoms with Gasteiger partial charge in [0.1, 0.15) is 18.5 Å². The van der Waals surface area contributed by atoms with E-state index >= 15 is 0 Å². The number of amides is 1. The lowest BCUT2D eigenvalue weighted by Gasteiger charge is -2.23. The van der Waals surface area contributed by atoms with Crippen LogP contribution in [0.4, 0.5) is 10.5 Å². The molecule has 1 aromatic carbocycles. The number of carbonyl (C=O) groups excluding carboxylic acids is 1. The number of hydrogen-bond donors (Lipinski definition) is 3. The highest BCUT2D eigenvalue weighted by Crippen LogP contribution is 2.16. The summed E-state index contributed by atoms with van der Waals surface area (Å²) in [5.41, 5.74) is 0.592. The number of anilines is 1. The zero-order valence-electron chi connectivity index (χ0n) is 14.4. The van der Waals surface area contributed by atoms with Crippen LogP contribution in [0.3, 0.4) is 0 Å². The Bertz CT molecular complexity index is 468. The first kappa shape index (κ1) is 19.3. The largest absolute Gasteiger partial charge is 0.491 e. The Kier molecular flexibility index (Phi) is 7.85. The molecule has 3 N–H and O–H groups in total. The lowest BCUT2D eigenvalue weighted by molar-refractivity contribution is 0.100. The molecule has 0 saturated heterocycles. The van der Waals surface area contributed by atoms with Gasteiger partial charge in [-0.05, 0) is 51.5 Å². The highest BCUT2D eigenvalue weighted by atomic mass is 16.5. The molecule has 0 aliphatic rings. The van der Waals surface area contributed by atoms with Crippen molar-refractivity contribution < 1.29 is 19.4 Å². The zero-order chi connectivity index (χ0) is 17.3. The average Bonchev–Trinajstić information content (AvgIpc) is 2.49. The van der Waals surface area contributed by atoms with Crippen LogP contribution in [0.25, 0.3) is 0 Å². The van der Waals surface area contributed by atoms with Gasteiger partial charge in [0.05, 0.1) is 6.61 Å². The van der Waals surface area contributed by atoms with E-state index in [9.17, 15) is 9.90 Å². The molecule has 6 nitrogen and oxygen atoms in total. The maximum atomic E-state index is 11.4.